The predicted octanol–water partition coefficient (Wildman–Crippen LogP) is 4.23. The molecule has 0 aliphatic rings. The Kier molecular flexibility index (Phi) is 7.21. The van der Waals surface area contributed by atoms with Crippen LogP contribution in [0.15, 0.2) is 57.9 Å². The summed E-state index contributed by atoms with van der Waals surface area (Å²) in [4.78, 5) is 35.2. The fourth-order valence-corrected chi connectivity index (χ4v) is 3.09. The van der Waals surface area contributed by atoms with Gasteiger partial charge in [0.25, 0.3) is 0 Å². The first-order valence-electron chi connectivity index (χ1n) is 7.47. The average Bonchev–Trinajstić information content (AvgIpc) is 2.59. The van der Waals surface area contributed by atoms with Crippen molar-refractivity contribution >= 4 is 51.0 Å². The minimum absolute atomic E-state index is 0.0217. The molecule has 1 amide bonds. The molecule has 0 heterocycles. The summed E-state index contributed by atoms with van der Waals surface area (Å²) in [6.45, 7) is 0. The molecule has 0 spiro atoms. The van der Waals surface area contributed by atoms with E-state index in [4.69, 9.17) is 5.11 Å². The first-order chi connectivity index (χ1) is 11.9. The van der Waals surface area contributed by atoms with Gasteiger partial charge in [0.15, 0.2) is 5.78 Å². The van der Waals surface area contributed by atoms with Gasteiger partial charge in [-0.05, 0) is 30.3 Å². The van der Waals surface area contributed by atoms with E-state index in [0.29, 0.717) is 11.3 Å². The number of hydrogen-bond acceptors (Lipinski definition) is 4. The molecule has 5 nitrogen and oxygen atoms in total. The maximum atomic E-state index is 12.2. The van der Waals surface area contributed by atoms with Crippen LogP contribution in [0.3, 0.4) is 0 Å². The summed E-state index contributed by atoms with van der Waals surface area (Å²) in [5, 5.41) is 11.2. The number of amides is 1. The molecular weight excluding hydrogens is 406 g/mol. The van der Waals surface area contributed by atoms with Crippen molar-refractivity contribution in [2.45, 2.75) is 17.7 Å². The second kappa shape index (κ2) is 9.39. The Morgan fingerprint density at radius 2 is 1.76 bits per heavy atom. The van der Waals surface area contributed by atoms with Gasteiger partial charge in [-0.3, -0.25) is 14.4 Å². The number of anilines is 1. The fraction of sp³-hybridized carbons (Fsp3) is 0.167. The van der Waals surface area contributed by atoms with Gasteiger partial charge < -0.3 is 10.4 Å². The standard InChI is InChI=1S/C18H16BrNO4S/c19-13-6-4-12(5-7-13)16(21)11-25-15-3-1-2-14(10-15)20-17(22)8-9-18(23)24/h1-7,10H,8-9,11H2,(H,20,22)(H,23,24). The third-order valence-electron chi connectivity index (χ3n) is 3.22. The lowest BCUT2D eigenvalue weighted by molar-refractivity contribution is -0.138. The van der Waals surface area contributed by atoms with Crippen molar-refractivity contribution in [2.75, 3.05) is 11.1 Å². The summed E-state index contributed by atoms with van der Waals surface area (Å²) in [5.41, 5.74) is 1.23. The Labute approximate surface area is 157 Å². The van der Waals surface area contributed by atoms with E-state index in [-0.39, 0.29) is 30.3 Å². The number of carbonyl (C=O) groups excluding carboxylic acids is 2. The number of benzene rings is 2. The molecule has 0 aliphatic heterocycles. The smallest absolute Gasteiger partial charge is 0.303 e. The molecule has 2 aromatic carbocycles. The number of halogens is 1. The zero-order valence-corrected chi connectivity index (χ0v) is 15.6. The van der Waals surface area contributed by atoms with Gasteiger partial charge in [0.2, 0.25) is 5.91 Å². The molecule has 0 bridgehead atoms. The minimum atomic E-state index is -1.01. The highest BCUT2D eigenvalue weighted by Crippen LogP contribution is 2.23. The lowest BCUT2D eigenvalue weighted by atomic mass is 10.2. The van der Waals surface area contributed by atoms with Crippen molar-refractivity contribution in [3.63, 3.8) is 0 Å². The average molecular weight is 422 g/mol. The van der Waals surface area contributed by atoms with Gasteiger partial charge in [0.05, 0.1) is 12.2 Å². The zero-order chi connectivity index (χ0) is 18.2. The third-order valence-corrected chi connectivity index (χ3v) is 4.74. The SMILES string of the molecule is O=C(O)CCC(=O)Nc1cccc(SCC(=O)c2ccc(Br)cc2)c1. The molecule has 2 rings (SSSR count). The summed E-state index contributed by atoms with van der Waals surface area (Å²) in [7, 11) is 0. The lowest BCUT2D eigenvalue weighted by Gasteiger charge is -2.07. The van der Waals surface area contributed by atoms with Gasteiger partial charge in [0.1, 0.15) is 0 Å². The number of Topliss-reactive ketones (excluding diaryl/α,β-unsaturated/α-hetero) is 1. The third kappa shape index (κ3) is 6.72. The summed E-state index contributed by atoms with van der Waals surface area (Å²) in [6.07, 6.45) is -0.281. The lowest BCUT2D eigenvalue weighted by Crippen LogP contribution is -2.13. The number of thioether (sulfide) groups is 1. The monoisotopic (exact) mass is 421 g/mol. The number of aliphatic carboxylic acids is 1. The molecule has 0 radical (unpaired) electrons. The molecule has 0 saturated heterocycles. The predicted molar refractivity (Wildman–Crippen MR) is 101 cm³/mol. The second-order valence-corrected chi connectivity index (χ2v) is 7.15. The Morgan fingerprint density at radius 3 is 2.44 bits per heavy atom. The first kappa shape index (κ1) is 19.2. The molecule has 2 N–H and O–H groups in total. The van der Waals surface area contributed by atoms with Gasteiger partial charge >= 0.3 is 5.97 Å². The van der Waals surface area contributed by atoms with Crippen molar-refractivity contribution in [1.82, 2.24) is 0 Å². The van der Waals surface area contributed by atoms with Gasteiger partial charge in [-0.2, -0.15) is 0 Å². The van der Waals surface area contributed by atoms with Crippen molar-refractivity contribution in [3.05, 3.63) is 58.6 Å². The van der Waals surface area contributed by atoms with Crippen LogP contribution in [0.2, 0.25) is 0 Å². The largest absolute Gasteiger partial charge is 0.481 e. The number of rotatable bonds is 8. The highest BCUT2D eigenvalue weighted by Gasteiger charge is 2.09. The summed E-state index contributed by atoms with van der Waals surface area (Å²) < 4.78 is 0.919. The second-order valence-electron chi connectivity index (χ2n) is 5.19. The highest BCUT2D eigenvalue weighted by molar-refractivity contribution is 9.10. The Hall–Kier alpha value is -2.12. The van der Waals surface area contributed by atoms with Crippen LogP contribution in [0.1, 0.15) is 23.2 Å². The number of carboxylic acids is 1. The first-order valence-corrected chi connectivity index (χ1v) is 9.25. The molecule has 0 aromatic heterocycles. The molecule has 0 fully saturated rings. The molecule has 130 valence electrons. The minimum Gasteiger partial charge on any atom is -0.481 e. The van der Waals surface area contributed by atoms with E-state index in [9.17, 15) is 14.4 Å². The highest BCUT2D eigenvalue weighted by atomic mass is 79.9. The van der Waals surface area contributed by atoms with Crippen LogP contribution < -0.4 is 5.32 Å². The van der Waals surface area contributed by atoms with E-state index in [1.54, 1.807) is 30.3 Å². The Balaban J connectivity index is 1.90. The molecule has 0 atom stereocenters. The number of nitrogens with one attached hydrogen (secondary N) is 1. The van der Waals surface area contributed by atoms with Crippen LogP contribution in [0.5, 0.6) is 0 Å². The van der Waals surface area contributed by atoms with Gasteiger partial charge in [-0.15, -0.1) is 11.8 Å². The van der Waals surface area contributed by atoms with Crippen molar-refractivity contribution in [3.8, 4) is 0 Å². The van der Waals surface area contributed by atoms with E-state index >= 15 is 0 Å². The van der Waals surface area contributed by atoms with E-state index in [0.717, 1.165) is 9.37 Å². The molecule has 2 aromatic rings. The molecular formula is C18H16BrNO4S. The Bertz CT molecular complexity index is 777. The van der Waals surface area contributed by atoms with Crippen molar-refractivity contribution in [2.24, 2.45) is 0 Å². The van der Waals surface area contributed by atoms with Crippen LogP contribution >= 0.6 is 27.7 Å². The summed E-state index contributed by atoms with van der Waals surface area (Å²) >= 11 is 4.71. The van der Waals surface area contributed by atoms with Crippen LogP contribution in [0.25, 0.3) is 0 Å². The summed E-state index contributed by atoms with van der Waals surface area (Å²) in [6, 6.07) is 14.3. The van der Waals surface area contributed by atoms with Crippen LogP contribution in [-0.4, -0.2) is 28.5 Å². The molecule has 0 aliphatic carbocycles. The quantitative estimate of drug-likeness (QED) is 0.492. The van der Waals surface area contributed by atoms with Gasteiger partial charge in [-0.1, -0.05) is 34.1 Å². The fourth-order valence-electron chi connectivity index (χ4n) is 1.98. The van der Waals surface area contributed by atoms with Crippen LogP contribution in [0.4, 0.5) is 5.69 Å². The van der Waals surface area contributed by atoms with Crippen molar-refractivity contribution in [1.29, 1.82) is 0 Å². The van der Waals surface area contributed by atoms with E-state index in [1.165, 1.54) is 11.8 Å². The molecule has 7 heteroatoms. The van der Waals surface area contributed by atoms with E-state index in [1.807, 2.05) is 18.2 Å². The van der Waals surface area contributed by atoms with E-state index < -0.39 is 5.97 Å². The molecule has 25 heavy (non-hydrogen) atoms. The maximum absolute atomic E-state index is 12.2. The van der Waals surface area contributed by atoms with E-state index in [2.05, 4.69) is 21.2 Å². The zero-order valence-electron chi connectivity index (χ0n) is 13.2. The van der Waals surface area contributed by atoms with Gasteiger partial charge in [0, 0.05) is 27.0 Å². The topological polar surface area (TPSA) is 83.5 Å². The van der Waals surface area contributed by atoms with Gasteiger partial charge in [-0.25, -0.2) is 0 Å². The number of hydrogen-bond donors (Lipinski definition) is 2. The molecule has 0 saturated carbocycles. The van der Waals surface area contributed by atoms with Crippen LogP contribution in [-0.2, 0) is 9.59 Å². The molecule has 0 unspecified atom stereocenters. The number of ketones is 1. The van der Waals surface area contributed by atoms with Crippen LogP contribution in [0, 0.1) is 0 Å². The Morgan fingerprint density at radius 1 is 1.04 bits per heavy atom. The number of carboxylic acid groups (broad SMARTS) is 1. The maximum Gasteiger partial charge on any atom is 0.303 e. The number of carbonyl (C=O) groups is 3. The normalized spacial score (nSPS) is 10.3. The van der Waals surface area contributed by atoms with Crippen molar-refractivity contribution < 1.29 is 19.5 Å². The summed E-state index contributed by atoms with van der Waals surface area (Å²) in [5.74, 6) is -1.05.